The van der Waals surface area contributed by atoms with Crippen LogP contribution in [-0.4, -0.2) is 36.6 Å². The molecule has 8 nitrogen and oxygen atoms in total. The van der Waals surface area contributed by atoms with Crippen LogP contribution in [0.4, 0.5) is 11.4 Å². The third-order valence-corrected chi connectivity index (χ3v) is 6.84. The first-order chi connectivity index (χ1) is 13.3. The monoisotopic (exact) mass is 423 g/mol. The van der Waals surface area contributed by atoms with Crippen LogP contribution in [0.15, 0.2) is 47.4 Å². The van der Waals surface area contributed by atoms with E-state index in [1.807, 2.05) is 0 Å². The number of nitro benzene ring substituents is 1. The standard InChI is InChI=1S/C18H18ClN3O5S/c19-16-9-4-13(12-17(16)28(26,27)21-10-2-1-3-11-21)18(23)20-14-5-7-15(8-6-14)22(24)25/h4-9,12H,1-3,10-11H2,(H,20,23). The molecule has 0 atom stereocenters. The maximum atomic E-state index is 12.9. The lowest BCUT2D eigenvalue weighted by atomic mass is 10.2. The molecular weight excluding hydrogens is 406 g/mol. The number of carbonyl (C=O) groups is 1. The summed E-state index contributed by atoms with van der Waals surface area (Å²) in [6.07, 6.45) is 2.56. The van der Waals surface area contributed by atoms with Crippen LogP contribution in [-0.2, 0) is 10.0 Å². The lowest BCUT2D eigenvalue weighted by Crippen LogP contribution is -2.35. The third kappa shape index (κ3) is 4.32. The molecule has 0 radical (unpaired) electrons. The molecule has 148 valence electrons. The van der Waals surface area contributed by atoms with E-state index in [0.717, 1.165) is 19.3 Å². The third-order valence-electron chi connectivity index (χ3n) is 4.46. The van der Waals surface area contributed by atoms with Gasteiger partial charge in [0.1, 0.15) is 4.90 Å². The maximum Gasteiger partial charge on any atom is 0.269 e. The minimum Gasteiger partial charge on any atom is -0.322 e. The zero-order valence-electron chi connectivity index (χ0n) is 14.8. The molecule has 1 fully saturated rings. The SMILES string of the molecule is O=C(Nc1ccc([N+](=O)[O-])cc1)c1ccc(Cl)c(S(=O)(=O)N2CCCCC2)c1. The predicted octanol–water partition coefficient (Wildman–Crippen LogP) is 3.68. The summed E-state index contributed by atoms with van der Waals surface area (Å²) in [4.78, 5) is 22.6. The van der Waals surface area contributed by atoms with E-state index >= 15 is 0 Å². The Labute approximate surface area is 167 Å². The summed E-state index contributed by atoms with van der Waals surface area (Å²) < 4.78 is 27.2. The highest BCUT2D eigenvalue weighted by Crippen LogP contribution is 2.28. The van der Waals surface area contributed by atoms with Crippen LogP contribution in [0.25, 0.3) is 0 Å². The van der Waals surface area contributed by atoms with Gasteiger partial charge in [0.05, 0.1) is 9.95 Å². The van der Waals surface area contributed by atoms with Crippen molar-refractivity contribution < 1.29 is 18.1 Å². The Bertz CT molecular complexity index is 1000. The topological polar surface area (TPSA) is 110 Å². The fourth-order valence-electron chi connectivity index (χ4n) is 2.96. The zero-order valence-corrected chi connectivity index (χ0v) is 16.4. The Morgan fingerprint density at radius 3 is 2.32 bits per heavy atom. The largest absolute Gasteiger partial charge is 0.322 e. The fourth-order valence-corrected chi connectivity index (χ4v) is 4.97. The van der Waals surface area contributed by atoms with Gasteiger partial charge in [-0.3, -0.25) is 14.9 Å². The van der Waals surface area contributed by atoms with Crippen molar-refractivity contribution in [2.75, 3.05) is 18.4 Å². The first kappa shape index (κ1) is 20.2. The molecule has 0 spiro atoms. The minimum atomic E-state index is -3.79. The number of benzene rings is 2. The number of sulfonamides is 1. The Kier molecular flexibility index (Phi) is 5.97. The number of anilines is 1. The lowest BCUT2D eigenvalue weighted by molar-refractivity contribution is -0.384. The van der Waals surface area contributed by atoms with E-state index in [-0.39, 0.29) is 21.2 Å². The lowest BCUT2D eigenvalue weighted by Gasteiger charge is -2.26. The van der Waals surface area contributed by atoms with Crippen molar-refractivity contribution in [3.8, 4) is 0 Å². The van der Waals surface area contributed by atoms with Gasteiger partial charge in [-0.25, -0.2) is 8.42 Å². The maximum absolute atomic E-state index is 12.9. The Hall–Kier alpha value is -2.49. The number of non-ortho nitro benzene ring substituents is 1. The van der Waals surface area contributed by atoms with Gasteiger partial charge in [0.15, 0.2) is 0 Å². The molecule has 1 N–H and O–H groups in total. The van der Waals surface area contributed by atoms with Crippen molar-refractivity contribution >= 4 is 38.9 Å². The second-order valence-corrected chi connectivity index (χ2v) is 8.68. The molecule has 10 heteroatoms. The summed E-state index contributed by atoms with van der Waals surface area (Å²) in [5.41, 5.74) is 0.378. The van der Waals surface area contributed by atoms with Crippen molar-refractivity contribution in [2.45, 2.75) is 24.2 Å². The fraction of sp³-hybridized carbons (Fsp3) is 0.278. The number of nitrogens with zero attached hydrogens (tertiary/aromatic N) is 2. The molecule has 0 bridgehead atoms. The first-order valence-electron chi connectivity index (χ1n) is 8.64. The Balaban J connectivity index is 1.83. The van der Waals surface area contributed by atoms with Crippen LogP contribution in [0.5, 0.6) is 0 Å². The number of hydrogen-bond donors (Lipinski definition) is 1. The van der Waals surface area contributed by atoms with Crippen molar-refractivity contribution in [3.05, 3.63) is 63.2 Å². The van der Waals surface area contributed by atoms with E-state index in [4.69, 9.17) is 11.6 Å². The Morgan fingerprint density at radius 2 is 1.71 bits per heavy atom. The highest BCUT2D eigenvalue weighted by molar-refractivity contribution is 7.89. The van der Waals surface area contributed by atoms with Gasteiger partial charge in [-0.05, 0) is 43.2 Å². The molecule has 1 aliphatic rings. The van der Waals surface area contributed by atoms with Gasteiger partial charge in [0.25, 0.3) is 11.6 Å². The van der Waals surface area contributed by atoms with Crippen LogP contribution in [0, 0.1) is 10.1 Å². The predicted molar refractivity (Wildman–Crippen MR) is 105 cm³/mol. The number of rotatable bonds is 5. The van der Waals surface area contributed by atoms with Crippen LogP contribution < -0.4 is 5.32 Å². The van der Waals surface area contributed by atoms with Crippen molar-refractivity contribution in [2.24, 2.45) is 0 Å². The number of hydrogen-bond acceptors (Lipinski definition) is 5. The number of carbonyl (C=O) groups excluding carboxylic acids is 1. The molecule has 0 saturated carbocycles. The number of halogens is 1. The number of nitro groups is 1. The van der Waals surface area contributed by atoms with E-state index in [1.165, 1.54) is 46.8 Å². The average molecular weight is 424 g/mol. The van der Waals surface area contributed by atoms with Crippen LogP contribution in [0.3, 0.4) is 0 Å². The van der Waals surface area contributed by atoms with Gasteiger partial charge in [-0.2, -0.15) is 4.31 Å². The molecule has 0 aliphatic carbocycles. The summed E-state index contributed by atoms with van der Waals surface area (Å²) in [6.45, 7) is 0.857. The van der Waals surface area contributed by atoms with Gasteiger partial charge in [0, 0.05) is 36.5 Å². The zero-order chi connectivity index (χ0) is 20.3. The van der Waals surface area contributed by atoms with Gasteiger partial charge in [-0.1, -0.05) is 18.0 Å². The summed E-state index contributed by atoms with van der Waals surface area (Å²) in [5, 5.41) is 13.3. The van der Waals surface area contributed by atoms with E-state index in [9.17, 15) is 23.3 Å². The summed E-state index contributed by atoms with van der Waals surface area (Å²) in [6, 6.07) is 9.40. The minimum absolute atomic E-state index is 0.0532. The highest BCUT2D eigenvalue weighted by atomic mass is 35.5. The molecule has 1 aliphatic heterocycles. The number of amides is 1. The molecule has 28 heavy (non-hydrogen) atoms. The molecule has 2 aromatic carbocycles. The first-order valence-corrected chi connectivity index (χ1v) is 10.5. The molecule has 1 amide bonds. The van der Waals surface area contributed by atoms with E-state index < -0.39 is 20.9 Å². The van der Waals surface area contributed by atoms with Gasteiger partial charge in [0.2, 0.25) is 10.0 Å². The van der Waals surface area contributed by atoms with Gasteiger partial charge in [-0.15, -0.1) is 0 Å². The quantitative estimate of drug-likeness (QED) is 0.582. The smallest absolute Gasteiger partial charge is 0.269 e. The van der Waals surface area contributed by atoms with Crippen molar-refractivity contribution in [3.63, 3.8) is 0 Å². The summed E-state index contributed by atoms with van der Waals surface area (Å²) in [5.74, 6) is -0.541. The molecular formula is C18H18ClN3O5S. The van der Waals surface area contributed by atoms with Crippen LogP contribution in [0.2, 0.25) is 5.02 Å². The second kappa shape index (κ2) is 8.26. The van der Waals surface area contributed by atoms with E-state index in [1.54, 1.807) is 0 Å². The average Bonchev–Trinajstić information content (AvgIpc) is 2.69. The number of nitrogens with one attached hydrogen (secondary N) is 1. The number of piperidine rings is 1. The van der Waals surface area contributed by atoms with E-state index in [0.29, 0.717) is 18.8 Å². The van der Waals surface area contributed by atoms with Gasteiger partial charge < -0.3 is 5.32 Å². The highest BCUT2D eigenvalue weighted by Gasteiger charge is 2.28. The molecule has 3 rings (SSSR count). The van der Waals surface area contributed by atoms with Crippen molar-refractivity contribution in [1.29, 1.82) is 0 Å². The van der Waals surface area contributed by atoms with Crippen LogP contribution >= 0.6 is 11.6 Å². The normalized spacial score (nSPS) is 15.2. The molecule has 0 aromatic heterocycles. The molecule has 1 saturated heterocycles. The van der Waals surface area contributed by atoms with Gasteiger partial charge >= 0.3 is 0 Å². The Morgan fingerprint density at radius 1 is 1.07 bits per heavy atom. The molecule has 2 aromatic rings. The summed E-state index contributed by atoms with van der Waals surface area (Å²) in [7, 11) is -3.79. The van der Waals surface area contributed by atoms with E-state index in [2.05, 4.69) is 5.32 Å². The second-order valence-electron chi connectivity index (χ2n) is 6.37. The molecule has 1 heterocycles. The molecule has 0 unspecified atom stereocenters. The van der Waals surface area contributed by atoms with Crippen LogP contribution in [0.1, 0.15) is 29.6 Å². The summed E-state index contributed by atoms with van der Waals surface area (Å²) >= 11 is 6.11. The van der Waals surface area contributed by atoms with Crippen molar-refractivity contribution in [1.82, 2.24) is 4.31 Å².